The largest absolute Gasteiger partial charge is 0.494 e. The summed E-state index contributed by atoms with van der Waals surface area (Å²) in [4.78, 5) is 13.6. The monoisotopic (exact) mass is 282 g/mol. The van der Waals surface area contributed by atoms with Gasteiger partial charge in [-0.25, -0.2) is 4.39 Å². The number of nitrogens with two attached hydrogens (primary N) is 1. The van der Waals surface area contributed by atoms with Crippen LogP contribution in [0.2, 0.25) is 0 Å². The van der Waals surface area contributed by atoms with Gasteiger partial charge in [0.25, 0.3) is 0 Å². The number of methoxy groups -OCH3 is 1. The zero-order chi connectivity index (χ0) is 15.3. The standard InChI is InChI=1S/C15H23FN2O2/c1-10(2)7-13(17)15(19)18(3)9-11-5-6-14(20-4)12(16)8-11/h5-6,8,10,13H,7,9,17H2,1-4H3. The summed E-state index contributed by atoms with van der Waals surface area (Å²) in [5.41, 5.74) is 6.57. The van der Waals surface area contributed by atoms with Crippen molar-refractivity contribution in [3.8, 4) is 5.75 Å². The molecule has 112 valence electrons. The van der Waals surface area contributed by atoms with Crippen molar-refractivity contribution in [2.45, 2.75) is 32.9 Å². The molecular weight excluding hydrogens is 259 g/mol. The van der Waals surface area contributed by atoms with E-state index in [9.17, 15) is 9.18 Å². The zero-order valence-electron chi connectivity index (χ0n) is 12.5. The van der Waals surface area contributed by atoms with E-state index in [-0.39, 0.29) is 11.7 Å². The number of carbonyl (C=O) groups is 1. The van der Waals surface area contributed by atoms with Crippen molar-refractivity contribution >= 4 is 5.91 Å². The van der Waals surface area contributed by atoms with Gasteiger partial charge in [-0.15, -0.1) is 0 Å². The average Bonchev–Trinajstić information content (AvgIpc) is 2.37. The molecule has 0 aromatic heterocycles. The Kier molecular flexibility index (Phi) is 5.95. The van der Waals surface area contributed by atoms with Crippen molar-refractivity contribution in [2.75, 3.05) is 14.2 Å². The maximum atomic E-state index is 13.6. The van der Waals surface area contributed by atoms with E-state index in [1.807, 2.05) is 13.8 Å². The molecule has 4 nitrogen and oxygen atoms in total. The number of hydrogen-bond acceptors (Lipinski definition) is 3. The second kappa shape index (κ2) is 7.24. The van der Waals surface area contributed by atoms with Crippen molar-refractivity contribution < 1.29 is 13.9 Å². The minimum absolute atomic E-state index is 0.130. The Bertz CT molecular complexity index is 463. The van der Waals surface area contributed by atoms with Crippen molar-refractivity contribution in [3.63, 3.8) is 0 Å². The van der Waals surface area contributed by atoms with E-state index in [0.717, 1.165) is 0 Å². The number of likely N-dealkylation sites (N-methyl/N-ethyl adjacent to an activating group) is 1. The number of halogens is 1. The topological polar surface area (TPSA) is 55.6 Å². The lowest BCUT2D eigenvalue weighted by atomic mass is 10.0. The van der Waals surface area contributed by atoms with E-state index in [1.165, 1.54) is 18.1 Å². The molecule has 0 heterocycles. The summed E-state index contributed by atoms with van der Waals surface area (Å²) in [6, 6.07) is 4.15. The van der Waals surface area contributed by atoms with Gasteiger partial charge in [0.05, 0.1) is 13.2 Å². The van der Waals surface area contributed by atoms with Gasteiger partial charge in [-0.05, 0) is 30.0 Å². The number of ether oxygens (including phenoxy) is 1. The van der Waals surface area contributed by atoms with Gasteiger partial charge < -0.3 is 15.4 Å². The number of benzene rings is 1. The number of rotatable bonds is 6. The van der Waals surface area contributed by atoms with Crippen LogP contribution in [-0.2, 0) is 11.3 Å². The molecule has 0 spiro atoms. The second-order valence-electron chi connectivity index (χ2n) is 5.40. The highest BCUT2D eigenvalue weighted by Crippen LogP contribution is 2.18. The normalized spacial score (nSPS) is 12.3. The molecule has 1 aromatic rings. The highest BCUT2D eigenvalue weighted by atomic mass is 19.1. The predicted molar refractivity (Wildman–Crippen MR) is 76.9 cm³/mol. The molecule has 0 aliphatic rings. The molecule has 0 aliphatic carbocycles. The predicted octanol–water partition coefficient (Wildman–Crippen LogP) is 2.17. The molecule has 1 atom stereocenters. The summed E-state index contributed by atoms with van der Waals surface area (Å²) in [6.45, 7) is 4.36. The molecule has 0 aliphatic heterocycles. The Morgan fingerprint density at radius 3 is 2.60 bits per heavy atom. The van der Waals surface area contributed by atoms with Crippen LogP contribution < -0.4 is 10.5 Å². The van der Waals surface area contributed by atoms with Gasteiger partial charge in [-0.1, -0.05) is 19.9 Å². The van der Waals surface area contributed by atoms with Crippen LogP contribution in [0, 0.1) is 11.7 Å². The molecule has 1 amide bonds. The first-order valence-corrected chi connectivity index (χ1v) is 6.68. The molecule has 0 fully saturated rings. The summed E-state index contributed by atoms with van der Waals surface area (Å²) < 4.78 is 18.4. The minimum Gasteiger partial charge on any atom is -0.494 e. The maximum Gasteiger partial charge on any atom is 0.239 e. The molecule has 0 radical (unpaired) electrons. The van der Waals surface area contributed by atoms with E-state index in [0.29, 0.717) is 24.4 Å². The molecule has 1 rings (SSSR count). The van der Waals surface area contributed by atoms with Gasteiger partial charge in [0, 0.05) is 13.6 Å². The van der Waals surface area contributed by atoms with Gasteiger partial charge >= 0.3 is 0 Å². The third-order valence-corrected chi connectivity index (χ3v) is 3.05. The van der Waals surface area contributed by atoms with Crippen molar-refractivity contribution in [3.05, 3.63) is 29.6 Å². The van der Waals surface area contributed by atoms with Crippen LogP contribution in [-0.4, -0.2) is 31.0 Å². The number of nitrogens with zero attached hydrogens (tertiary/aromatic N) is 1. The van der Waals surface area contributed by atoms with Gasteiger partial charge in [0.15, 0.2) is 11.6 Å². The van der Waals surface area contributed by atoms with Crippen molar-refractivity contribution in [1.82, 2.24) is 4.90 Å². The number of hydrogen-bond donors (Lipinski definition) is 1. The Morgan fingerprint density at radius 2 is 2.10 bits per heavy atom. The highest BCUT2D eigenvalue weighted by molar-refractivity contribution is 5.81. The first-order chi connectivity index (χ1) is 9.35. The first kappa shape index (κ1) is 16.4. The van der Waals surface area contributed by atoms with Gasteiger partial charge in [0.2, 0.25) is 5.91 Å². The smallest absolute Gasteiger partial charge is 0.239 e. The van der Waals surface area contributed by atoms with Gasteiger partial charge in [-0.2, -0.15) is 0 Å². The maximum absolute atomic E-state index is 13.6. The average molecular weight is 282 g/mol. The summed E-state index contributed by atoms with van der Waals surface area (Å²) in [7, 11) is 3.09. The Labute approximate surface area is 119 Å². The molecule has 20 heavy (non-hydrogen) atoms. The molecular formula is C15H23FN2O2. The number of amides is 1. The van der Waals surface area contributed by atoms with E-state index in [4.69, 9.17) is 10.5 Å². The van der Waals surface area contributed by atoms with Crippen LogP contribution in [0.25, 0.3) is 0 Å². The first-order valence-electron chi connectivity index (χ1n) is 6.68. The van der Waals surface area contributed by atoms with E-state index in [1.54, 1.807) is 19.2 Å². The van der Waals surface area contributed by atoms with Crippen LogP contribution in [0.3, 0.4) is 0 Å². The lowest BCUT2D eigenvalue weighted by Gasteiger charge is -2.22. The third kappa shape index (κ3) is 4.49. The third-order valence-electron chi connectivity index (χ3n) is 3.05. The summed E-state index contributed by atoms with van der Waals surface area (Å²) in [6.07, 6.45) is 0.639. The Balaban J connectivity index is 2.68. The van der Waals surface area contributed by atoms with Gasteiger partial charge in [-0.3, -0.25) is 4.79 Å². The number of carbonyl (C=O) groups excluding carboxylic acids is 1. The molecule has 1 unspecified atom stereocenters. The van der Waals surface area contributed by atoms with E-state index < -0.39 is 11.9 Å². The van der Waals surface area contributed by atoms with Crippen LogP contribution in [0.4, 0.5) is 4.39 Å². The summed E-state index contributed by atoms with van der Waals surface area (Å²) in [5, 5.41) is 0. The van der Waals surface area contributed by atoms with Crippen LogP contribution in [0.1, 0.15) is 25.8 Å². The van der Waals surface area contributed by atoms with Crippen LogP contribution in [0.15, 0.2) is 18.2 Å². The van der Waals surface area contributed by atoms with E-state index in [2.05, 4.69) is 0 Å². The van der Waals surface area contributed by atoms with Crippen LogP contribution >= 0.6 is 0 Å². The van der Waals surface area contributed by atoms with Crippen molar-refractivity contribution in [1.29, 1.82) is 0 Å². The molecule has 0 saturated carbocycles. The summed E-state index contributed by atoms with van der Waals surface area (Å²) in [5.74, 6) is -0.00715. The molecule has 2 N–H and O–H groups in total. The summed E-state index contributed by atoms with van der Waals surface area (Å²) >= 11 is 0. The molecule has 5 heteroatoms. The Morgan fingerprint density at radius 1 is 1.45 bits per heavy atom. The van der Waals surface area contributed by atoms with E-state index >= 15 is 0 Å². The molecule has 0 saturated heterocycles. The van der Waals surface area contributed by atoms with Crippen molar-refractivity contribution in [2.24, 2.45) is 11.7 Å². The Hall–Kier alpha value is -1.62. The molecule has 1 aromatic carbocycles. The lowest BCUT2D eigenvalue weighted by Crippen LogP contribution is -2.42. The SMILES string of the molecule is COc1ccc(CN(C)C(=O)C(N)CC(C)C)cc1F. The molecule has 0 bridgehead atoms. The lowest BCUT2D eigenvalue weighted by molar-refractivity contribution is -0.132. The van der Waals surface area contributed by atoms with Gasteiger partial charge in [0.1, 0.15) is 0 Å². The fraction of sp³-hybridized carbons (Fsp3) is 0.533. The fourth-order valence-corrected chi connectivity index (χ4v) is 2.05. The van der Waals surface area contributed by atoms with Crippen LogP contribution in [0.5, 0.6) is 5.75 Å². The highest BCUT2D eigenvalue weighted by Gasteiger charge is 2.19. The zero-order valence-corrected chi connectivity index (χ0v) is 12.5. The minimum atomic E-state index is -0.511. The quantitative estimate of drug-likeness (QED) is 0.870. The fourth-order valence-electron chi connectivity index (χ4n) is 2.05. The second-order valence-corrected chi connectivity index (χ2v) is 5.40.